The zero-order chi connectivity index (χ0) is 13.8. The van der Waals surface area contributed by atoms with Crippen LogP contribution in [0.4, 0.5) is 13.2 Å². The Morgan fingerprint density at radius 2 is 1.94 bits per heavy atom. The normalized spacial score (nSPS) is 13.0. The average Bonchev–Trinajstić information content (AvgIpc) is 2.59. The van der Waals surface area contributed by atoms with E-state index in [1.54, 1.807) is 6.07 Å². The van der Waals surface area contributed by atoms with Crippen molar-refractivity contribution in [2.24, 2.45) is 0 Å². The second-order valence-corrected chi connectivity index (χ2v) is 5.08. The summed E-state index contributed by atoms with van der Waals surface area (Å²) in [6.07, 6.45) is -2.86. The maximum absolute atomic E-state index is 11.9. The van der Waals surface area contributed by atoms with Gasteiger partial charge >= 0.3 is 6.18 Å². The molecule has 1 rings (SSSR count). The van der Waals surface area contributed by atoms with Crippen molar-refractivity contribution in [3.63, 3.8) is 0 Å². The molecule has 0 amide bonds. The van der Waals surface area contributed by atoms with Gasteiger partial charge in [0, 0.05) is 17.6 Å². The van der Waals surface area contributed by atoms with Crippen LogP contribution in [0.1, 0.15) is 32.1 Å². The van der Waals surface area contributed by atoms with Crippen LogP contribution in [0, 0.1) is 0 Å². The van der Waals surface area contributed by atoms with Crippen molar-refractivity contribution in [2.45, 2.75) is 45.6 Å². The minimum absolute atomic E-state index is 0.0681. The molecule has 0 aliphatic rings. The summed E-state index contributed by atoms with van der Waals surface area (Å²) in [5.74, 6) is 0.427. The largest absolute Gasteiger partial charge is 0.467 e. The summed E-state index contributed by atoms with van der Waals surface area (Å²) in [5, 5.41) is 3.23. The van der Waals surface area contributed by atoms with Crippen molar-refractivity contribution in [3.05, 3.63) is 23.7 Å². The zero-order valence-electron chi connectivity index (χ0n) is 10.7. The molecule has 6 heteroatoms. The van der Waals surface area contributed by atoms with Gasteiger partial charge in [0.05, 0.1) is 6.26 Å². The molecule has 1 N–H and O–H groups in total. The first kappa shape index (κ1) is 15.0. The third-order valence-corrected chi connectivity index (χ3v) is 2.15. The van der Waals surface area contributed by atoms with Gasteiger partial charge in [-0.15, -0.1) is 0 Å². The highest BCUT2D eigenvalue weighted by molar-refractivity contribution is 5.16. The third kappa shape index (κ3) is 6.07. The number of nitrogens with one attached hydrogen (secondary N) is 1. The highest BCUT2D eigenvalue weighted by atomic mass is 19.4. The molecule has 104 valence electrons. The van der Waals surface area contributed by atoms with Crippen molar-refractivity contribution < 1.29 is 22.3 Å². The van der Waals surface area contributed by atoms with Crippen molar-refractivity contribution in [2.75, 3.05) is 6.61 Å². The number of ether oxygens (including phenoxy) is 1. The number of halogens is 3. The summed E-state index contributed by atoms with van der Waals surface area (Å²) >= 11 is 0. The lowest BCUT2D eigenvalue weighted by atomic mass is 10.1. The van der Waals surface area contributed by atoms with Gasteiger partial charge in [-0.2, -0.15) is 13.2 Å². The van der Waals surface area contributed by atoms with Crippen LogP contribution in [0.5, 0.6) is 0 Å². The summed E-state index contributed by atoms with van der Waals surface area (Å²) in [6, 6.07) is 1.73. The fourth-order valence-electron chi connectivity index (χ4n) is 1.27. The molecule has 1 heterocycles. The molecule has 1 aromatic rings. The molecule has 18 heavy (non-hydrogen) atoms. The predicted molar refractivity (Wildman–Crippen MR) is 61.0 cm³/mol. The van der Waals surface area contributed by atoms with E-state index in [0.717, 1.165) is 5.56 Å². The van der Waals surface area contributed by atoms with Gasteiger partial charge in [-0.25, -0.2) is 0 Å². The van der Waals surface area contributed by atoms with Gasteiger partial charge in [0.1, 0.15) is 19.0 Å². The van der Waals surface area contributed by atoms with Gasteiger partial charge in [0.15, 0.2) is 0 Å². The summed E-state index contributed by atoms with van der Waals surface area (Å²) in [5.41, 5.74) is 0.744. The molecule has 0 spiro atoms. The molecular formula is C12H18F3NO2. The van der Waals surface area contributed by atoms with Gasteiger partial charge in [0.2, 0.25) is 0 Å². The molecule has 0 saturated carbocycles. The van der Waals surface area contributed by atoms with Crippen molar-refractivity contribution >= 4 is 0 Å². The molecule has 0 fully saturated rings. The molecule has 0 bridgehead atoms. The Balaban J connectivity index is 2.45. The molecule has 0 unspecified atom stereocenters. The number of rotatable bonds is 5. The summed E-state index contributed by atoms with van der Waals surface area (Å²) < 4.78 is 45.4. The summed E-state index contributed by atoms with van der Waals surface area (Å²) in [6.45, 7) is 5.12. The number of furan rings is 1. The van der Waals surface area contributed by atoms with Crippen molar-refractivity contribution in [3.8, 4) is 0 Å². The second-order valence-electron chi connectivity index (χ2n) is 5.08. The SMILES string of the molecule is CC(C)(C)NCc1ccoc1COCC(F)(F)F. The fraction of sp³-hybridized carbons (Fsp3) is 0.667. The van der Waals surface area contributed by atoms with Crippen molar-refractivity contribution in [1.82, 2.24) is 5.32 Å². The Kier molecular flexibility index (Phi) is 4.81. The minimum atomic E-state index is -4.31. The Morgan fingerprint density at radius 3 is 2.50 bits per heavy atom. The average molecular weight is 265 g/mol. The van der Waals surface area contributed by atoms with E-state index in [0.29, 0.717) is 12.3 Å². The molecule has 1 aromatic heterocycles. The zero-order valence-corrected chi connectivity index (χ0v) is 10.7. The highest BCUT2D eigenvalue weighted by Gasteiger charge is 2.27. The number of hydrogen-bond donors (Lipinski definition) is 1. The van der Waals surface area contributed by atoms with E-state index in [1.165, 1.54) is 6.26 Å². The maximum Gasteiger partial charge on any atom is 0.411 e. The first-order chi connectivity index (χ1) is 8.17. The molecule has 0 radical (unpaired) electrons. The first-order valence-electron chi connectivity index (χ1n) is 5.62. The quantitative estimate of drug-likeness (QED) is 0.887. The number of alkyl halides is 3. The van der Waals surface area contributed by atoms with Crippen LogP contribution in [-0.4, -0.2) is 18.3 Å². The van der Waals surface area contributed by atoms with E-state index < -0.39 is 12.8 Å². The summed E-state index contributed by atoms with van der Waals surface area (Å²) in [7, 11) is 0. The Hall–Kier alpha value is -1.01. The molecule has 0 saturated heterocycles. The van der Waals surface area contributed by atoms with Crippen LogP contribution in [0.3, 0.4) is 0 Å². The Bertz CT molecular complexity index is 366. The standard InChI is InChI=1S/C12H18F3NO2/c1-11(2,3)16-6-9-4-5-18-10(9)7-17-8-12(13,14)15/h4-5,16H,6-8H2,1-3H3. The van der Waals surface area contributed by atoms with E-state index in [1.807, 2.05) is 20.8 Å². The summed E-state index contributed by atoms with van der Waals surface area (Å²) in [4.78, 5) is 0. The minimum Gasteiger partial charge on any atom is -0.467 e. The second kappa shape index (κ2) is 5.75. The van der Waals surface area contributed by atoms with Crippen LogP contribution >= 0.6 is 0 Å². The van der Waals surface area contributed by atoms with Crippen molar-refractivity contribution in [1.29, 1.82) is 0 Å². The smallest absolute Gasteiger partial charge is 0.411 e. The highest BCUT2D eigenvalue weighted by Crippen LogP contribution is 2.18. The number of hydrogen-bond acceptors (Lipinski definition) is 3. The van der Waals surface area contributed by atoms with Gasteiger partial charge in [-0.1, -0.05) is 0 Å². The van der Waals surface area contributed by atoms with E-state index in [2.05, 4.69) is 10.1 Å². The van der Waals surface area contributed by atoms with E-state index in [-0.39, 0.29) is 12.1 Å². The predicted octanol–water partition coefficient (Wildman–Crippen LogP) is 3.25. The van der Waals surface area contributed by atoms with Crippen LogP contribution < -0.4 is 5.32 Å². The van der Waals surface area contributed by atoms with Gasteiger partial charge in [0.25, 0.3) is 0 Å². The van der Waals surface area contributed by atoms with Crippen LogP contribution in [-0.2, 0) is 17.9 Å². The van der Waals surface area contributed by atoms with E-state index in [4.69, 9.17) is 4.42 Å². The molecule has 3 nitrogen and oxygen atoms in total. The van der Waals surface area contributed by atoms with Gasteiger partial charge < -0.3 is 14.5 Å². The molecular weight excluding hydrogens is 247 g/mol. The Morgan fingerprint density at radius 1 is 1.28 bits per heavy atom. The Labute approximate surface area is 104 Å². The lowest BCUT2D eigenvalue weighted by molar-refractivity contribution is -0.177. The monoisotopic (exact) mass is 265 g/mol. The molecule has 0 atom stereocenters. The first-order valence-corrected chi connectivity index (χ1v) is 5.62. The van der Waals surface area contributed by atoms with Gasteiger partial charge in [-0.05, 0) is 26.8 Å². The lowest BCUT2D eigenvalue weighted by Gasteiger charge is -2.20. The third-order valence-electron chi connectivity index (χ3n) is 2.15. The van der Waals surface area contributed by atoms with Crippen LogP contribution in [0.15, 0.2) is 16.7 Å². The fourth-order valence-corrected chi connectivity index (χ4v) is 1.27. The maximum atomic E-state index is 11.9. The molecule has 0 aliphatic carbocycles. The van der Waals surface area contributed by atoms with Crippen LogP contribution in [0.25, 0.3) is 0 Å². The molecule has 0 aromatic carbocycles. The topological polar surface area (TPSA) is 34.4 Å². The van der Waals surface area contributed by atoms with Gasteiger partial charge in [-0.3, -0.25) is 0 Å². The van der Waals surface area contributed by atoms with E-state index in [9.17, 15) is 13.2 Å². The lowest BCUT2D eigenvalue weighted by Crippen LogP contribution is -2.35. The molecule has 0 aliphatic heterocycles. The van der Waals surface area contributed by atoms with E-state index >= 15 is 0 Å². The van der Waals surface area contributed by atoms with Crippen LogP contribution in [0.2, 0.25) is 0 Å².